The van der Waals surface area contributed by atoms with Crippen molar-refractivity contribution in [3.05, 3.63) is 57.7 Å². The molecule has 0 aliphatic carbocycles. The number of halogens is 1. The van der Waals surface area contributed by atoms with E-state index >= 15 is 0 Å². The lowest BCUT2D eigenvalue weighted by Crippen LogP contribution is -2.50. The molecule has 0 fully saturated rings. The highest BCUT2D eigenvalue weighted by molar-refractivity contribution is 14.1. The van der Waals surface area contributed by atoms with Gasteiger partial charge in [-0.1, -0.05) is 32.9 Å². The van der Waals surface area contributed by atoms with Crippen molar-refractivity contribution in [3.63, 3.8) is 0 Å². The summed E-state index contributed by atoms with van der Waals surface area (Å²) in [5, 5.41) is 2.96. The van der Waals surface area contributed by atoms with Crippen LogP contribution >= 0.6 is 22.6 Å². The number of carbonyl (C=O) groups is 2. The van der Waals surface area contributed by atoms with Gasteiger partial charge in [-0.2, -0.15) is 0 Å². The molecule has 0 saturated carbocycles. The zero-order valence-electron chi connectivity index (χ0n) is 18.6. The fourth-order valence-electron chi connectivity index (χ4n) is 3.03. The fourth-order valence-corrected chi connectivity index (χ4v) is 3.39. The third-order valence-electron chi connectivity index (χ3n) is 4.76. The van der Waals surface area contributed by atoms with Crippen molar-refractivity contribution in [1.29, 1.82) is 0 Å². The first kappa shape index (κ1) is 25.0. The number of ether oxygens (including phenoxy) is 2. The van der Waals surface area contributed by atoms with E-state index in [4.69, 9.17) is 9.47 Å². The van der Waals surface area contributed by atoms with Crippen LogP contribution in [0.3, 0.4) is 0 Å². The van der Waals surface area contributed by atoms with E-state index in [1.807, 2.05) is 69.3 Å². The number of rotatable bonds is 11. The molecule has 0 saturated heterocycles. The Kier molecular flexibility index (Phi) is 10.1. The van der Waals surface area contributed by atoms with Gasteiger partial charge in [0.25, 0.3) is 5.91 Å². The van der Waals surface area contributed by atoms with Crippen LogP contribution in [0.2, 0.25) is 0 Å². The third-order valence-corrected chi connectivity index (χ3v) is 5.48. The summed E-state index contributed by atoms with van der Waals surface area (Å²) in [5.41, 5.74) is 0.915. The number of benzene rings is 2. The molecule has 0 aromatic heterocycles. The Morgan fingerprint density at radius 1 is 1.03 bits per heavy atom. The molecule has 0 spiro atoms. The van der Waals surface area contributed by atoms with Crippen LogP contribution in [0.15, 0.2) is 48.5 Å². The van der Waals surface area contributed by atoms with Gasteiger partial charge in [-0.3, -0.25) is 9.59 Å². The van der Waals surface area contributed by atoms with E-state index in [0.717, 1.165) is 14.9 Å². The maximum atomic E-state index is 13.1. The zero-order chi connectivity index (χ0) is 22.8. The summed E-state index contributed by atoms with van der Waals surface area (Å²) in [5.74, 6) is 1.31. The molecule has 2 aromatic carbocycles. The van der Waals surface area contributed by atoms with Gasteiger partial charge in [0.05, 0.1) is 7.11 Å². The molecular weight excluding hydrogens is 507 g/mol. The molecule has 168 valence electrons. The van der Waals surface area contributed by atoms with Crippen molar-refractivity contribution < 1.29 is 19.1 Å². The van der Waals surface area contributed by atoms with Gasteiger partial charge < -0.3 is 19.7 Å². The summed E-state index contributed by atoms with van der Waals surface area (Å²) in [7, 11) is 1.61. The average molecular weight is 538 g/mol. The van der Waals surface area contributed by atoms with Gasteiger partial charge in [0.1, 0.15) is 17.5 Å². The first-order valence-electron chi connectivity index (χ1n) is 10.4. The van der Waals surface area contributed by atoms with Gasteiger partial charge in [-0.05, 0) is 76.9 Å². The van der Waals surface area contributed by atoms with Gasteiger partial charge >= 0.3 is 0 Å². The highest BCUT2D eigenvalue weighted by atomic mass is 127. The molecule has 0 aliphatic rings. The van der Waals surface area contributed by atoms with Gasteiger partial charge in [0.2, 0.25) is 5.91 Å². The SMILES string of the molecule is CC[C@H](C(=O)NCC(C)C)N(Cc1ccc(OC)cc1)C(=O)COc1ccc(I)cc1. The molecule has 0 unspecified atom stereocenters. The molecular formula is C24H31IN2O4. The van der Waals surface area contributed by atoms with Crippen molar-refractivity contribution in [2.24, 2.45) is 5.92 Å². The molecule has 6 nitrogen and oxygen atoms in total. The Bertz CT molecular complexity index is 838. The summed E-state index contributed by atoms with van der Waals surface area (Å²) in [4.78, 5) is 27.6. The van der Waals surface area contributed by atoms with Gasteiger partial charge in [-0.15, -0.1) is 0 Å². The average Bonchev–Trinajstić information content (AvgIpc) is 2.77. The predicted octanol–water partition coefficient (Wildman–Crippen LogP) is 4.26. The van der Waals surface area contributed by atoms with Gasteiger partial charge in [-0.25, -0.2) is 0 Å². The monoisotopic (exact) mass is 538 g/mol. The van der Waals surface area contributed by atoms with Gasteiger partial charge in [0.15, 0.2) is 6.61 Å². The van der Waals surface area contributed by atoms with Crippen LogP contribution in [-0.4, -0.2) is 43.0 Å². The van der Waals surface area contributed by atoms with E-state index in [-0.39, 0.29) is 18.4 Å². The standard InChI is InChI=1S/C24H31IN2O4/c1-5-22(24(29)26-14-17(2)3)27(15-18-6-10-20(30-4)11-7-18)23(28)16-31-21-12-8-19(25)9-13-21/h6-13,17,22H,5,14-16H2,1-4H3,(H,26,29)/t22-/m1/s1. The van der Waals surface area contributed by atoms with Crippen LogP contribution in [0, 0.1) is 9.49 Å². The van der Waals surface area contributed by atoms with Crippen molar-refractivity contribution in [2.45, 2.75) is 39.8 Å². The van der Waals surface area contributed by atoms with E-state index in [1.165, 1.54) is 0 Å². The van der Waals surface area contributed by atoms with Crippen LogP contribution < -0.4 is 14.8 Å². The molecule has 2 rings (SSSR count). The Labute approximate surface area is 198 Å². The topological polar surface area (TPSA) is 67.9 Å². The minimum atomic E-state index is -0.575. The minimum absolute atomic E-state index is 0.134. The first-order valence-corrected chi connectivity index (χ1v) is 11.5. The Hall–Kier alpha value is -2.29. The van der Waals surface area contributed by atoms with E-state index < -0.39 is 6.04 Å². The summed E-state index contributed by atoms with van der Waals surface area (Å²) in [6.07, 6.45) is 0.509. The number of amides is 2. The Morgan fingerprint density at radius 3 is 2.19 bits per heavy atom. The molecule has 1 atom stereocenters. The molecule has 0 radical (unpaired) electrons. The molecule has 0 bridgehead atoms. The van der Waals surface area contributed by atoms with Crippen molar-refractivity contribution in [1.82, 2.24) is 10.2 Å². The van der Waals surface area contributed by atoms with Crippen molar-refractivity contribution in [3.8, 4) is 11.5 Å². The van der Waals surface area contributed by atoms with E-state index in [1.54, 1.807) is 12.0 Å². The summed E-state index contributed by atoms with van der Waals surface area (Å²) < 4.78 is 12.0. The quantitative estimate of drug-likeness (QED) is 0.435. The number of hydrogen-bond donors (Lipinski definition) is 1. The van der Waals surface area contributed by atoms with Crippen LogP contribution in [0.4, 0.5) is 0 Å². The Balaban J connectivity index is 2.18. The normalized spacial score (nSPS) is 11.7. The molecule has 0 aliphatic heterocycles. The smallest absolute Gasteiger partial charge is 0.261 e. The zero-order valence-corrected chi connectivity index (χ0v) is 20.7. The highest BCUT2D eigenvalue weighted by Crippen LogP contribution is 2.18. The lowest BCUT2D eigenvalue weighted by atomic mass is 10.1. The number of nitrogens with one attached hydrogen (secondary N) is 1. The summed E-state index contributed by atoms with van der Waals surface area (Å²) >= 11 is 2.22. The second-order valence-corrected chi connectivity index (χ2v) is 8.92. The maximum Gasteiger partial charge on any atom is 0.261 e. The van der Waals surface area contributed by atoms with Crippen LogP contribution in [0.25, 0.3) is 0 Å². The first-order chi connectivity index (χ1) is 14.8. The Morgan fingerprint density at radius 2 is 1.65 bits per heavy atom. The third kappa shape index (κ3) is 8.05. The lowest BCUT2D eigenvalue weighted by Gasteiger charge is -2.31. The molecule has 0 heterocycles. The number of carbonyl (C=O) groups excluding carboxylic acids is 2. The second kappa shape index (κ2) is 12.5. The number of methoxy groups -OCH3 is 1. The van der Waals surface area contributed by atoms with Crippen LogP contribution in [-0.2, 0) is 16.1 Å². The van der Waals surface area contributed by atoms with Crippen LogP contribution in [0.5, 0.6) is 11.5 Å². The summed E-state index contributed by atoms with van der Waals surface area (Å²) in [6.45, 7) is 6.73. The largest absolute Gasteiger partial charge is 0.497 e. The summed E-state index contributed by atoms with van der Waals surface area (Å²) in [6, 6.07) is 14.4. The van der Waals surface area contributed by atoms with Gasteiger partial charge in [0, 0.05) is 16.7 Å². The van der Waals surface area contributed by atoms with Crippen molar-refractivity contribution >= 4 is 34.4 Å². The maximum absolute atomic E-state index is 13.1. The number of hydrogen-bond acceptors (Lipinski definition) is 4. The molecule has 7 heteroatoms. The fraction of sp³-hybridized carbons (Fsp3) is 0.417. The molecule has 2 aromatic rings. The van der Waals surface area contributed by atoms with Crippen molar-refractivity contribution in [2.75, 3.05) is 20.3 Å². The van der Waals surface area contributed by atoms with Crippen LogP contribution in [0.1, 0.15) is 32.8 Å². The lowest BCUT2D eigenvalue weighted by molar-refractivity contribution is -0.143. The van der Waals surface area contributed by atoms with E-state index in [2.05, 4.69) is 27.9 Å². The number of nitrogens with zero attached hydrogens (tertiary/aromatic N) is 1. The van der Waals surface area contributed by atoms with E-state index in [0.29, 0.717) is 31.2 Å². The molecule has 2 amide bonds. The van der Waals surface area contributed by atoms with E-state index in [9.17, 15) is 9.59 Å². The predicted molar refractivity (Wildman–Crippen MR) is 130 cm³/mol. The molecule has 31 heavy (non-hydrogen) atoms. The second-order valence-electron chi connectivity index (χ2n) is 7.68. The highest BCUT2D eigenvalue weighted by Gasteiger charge is 2.29. The minimum Gasteiger partial charge on any atom is -0.497 e. The molecule has 1 N–H and O–H groups in total.